The van der Waals surface area contributed by atoms with Gasteiger partial charge in [0.1, 0.15) is 6.73 Å². The maximum Gasteiger partial charge on any atom is 0.339 e. The summed E-state index contributed by atoms with van der Waals surface area (Å²) < 4.78 is 15.8. The van der Waals surface area contributed by atoms with Gasteiger partial charge < -0.3 is 19.9 Å². The highest BCUT2D eigenvalue weighted by Crippen LogP contribution is 2.04. The number of nitrogen functional groups attached to an aromatic ring is 1. The summed E-state index contributed by atoms with van der Waals surface area (Å²) >= 11 is 0. The van der Waals surface area contributed by atoms with Gasteiger partial charge in [0.25, 0.3) is 5.56 Å². The number of aromatic nitrogens is 1. The fourth-order valence-corrected chi connectivity index (χ4v) is 1.29. The minimum Gasteiger partial charge on any atom is -0.465 e. The first kappa shape index (κ1) is 14.2. The maximum atomic E-state index is 11.7. The van der Waals surface area contributed by atoms with Crippen molar-refractivity contribution >= 4 is 11.7 Å². The van der Waals surface area contributed by atoms with Gasteiger partial charge in [-0.3, -0.25) is 9.36 Å². The standard InChI is InChI=1S/C11H16N2O5/c1-16-3-4-18-7-13-6-8(11(15)17-2)5-9(12)10(13)14/h5-6H,3-4,7,12H2,1-2H3. The van der Waals surface area contributed by atoms with E-state index in [4.69, 9.17) is 15.2 Å². The van der Waals surface area contributed by atoms with Crippen LogP contribution in [0.2, 0.25) is 0 Å². The van der Waals surface area contributed by atoms with E-state index in [9.17, 15) is 9.59 Å². The number of pyridine rings is 1. The van der Waals surface area contributed by atoms with Crippen LogP contribution in [-0.4, -0.2) is 38.0 Å². The van der Waals surface area contributed by atoms with Crippen LogP contribution in [0.25, 0.3) is 0 Å². The van der Waals surface area contributed by atoms with Crippen molar-refractivity contribution in [3.05, 3.63) is 28.2 Å². The molecule has 7 nitrogen and oxygen atoms in total. The Bertz CT molecular complexity index is 469. The van der Waals surface area contributed by atoms with E-state index in [1.165, 1.54) is 23.9 Å². The third-order valence-electron chi connectivity index (χ3n) is 2.20. The quantitative estimate of drug-likeness (QED) is 0.561. The Morgan fingerprint density at radius 1 is 1.39 bits per heavy atom. The molecule has 0 amide bonds. The molecule has 0 spiro atoms. The largest absolute Gasteiger partial charge is 0.465 e. The fourth-order valence-electron chi connectivity index (χ4n) is 1.29. The number of methoxy groups -OCH3 is 2. The van der Waals surface area contributed by atoms with Crippen molar-refractivity contribution in [3.8, 4) is 0 Å². The smallest absolute Gasteiger partial charge is 0.339 e. The molecule has 1 aromatic heterocycles. The first-order valence-electron chi connectivity index (χ1n) is 5.25. The number of hydrogen-bond donors (Lipinski definition) is 1. The molecule has 0 bridgehead atoms. The van der Waals surface area contributed by atoms with Crippen molar-refractivity contribution in [2.45, 2.75) is 6.73 Å². The molecule has 100 valence electrons. The highest BCUT2D eigenvalue weighted by atomic mass is 16.5. The Hall–Kier alpha value is -1.86. The van der Waals surface area contributed by atoms with Crippen molar-refractivity contribution < 1.29 is 19.0 Å². The van der Waals surface area contributed by atoms with Crippen LogP contribution in [0.3, 0.4) is 0 Å². The van der Waals surface area contributed by atoms with E-state index in [0.717, 1.165) is 0 Å². The zero-order chi connectivity index (χ0) is 13.5. The van der Waals surface area contributed by atoms with Crippen LogP contribution in [0.15, 0.2) is 17.1 Å². The topological polar surface area (TPSA) is 92.8 Å². The lowest BCUT2D eigenvalue weighted by atomic mass is 10.2. The predicted octanol–water partition coefficient (Wildman–Crippen LogP) is -0.162. The summed E-state index contributed by atoms with van der Waals surface area (Å²) in [5, 5.41) is 0. The first-order chi connectivity index (χ1) is 8.60. The van der Waals surface area contributed by atoms with Crippen LogP contribution >= 0.6 is 0 Å². The zero-order valence-corrected chi connectivity index (χ0v) is 10.3. The number of carbonyl (C=O) groups is 1. The van der Waals surface area contributed by atoms with E-state index >= 15 is 0 Å². The predicted molar refractivity (Wildman–Crippen MR) is 64.3 cm³/mol. The van der Waals surface area contributed by atoms with Gasteiger partial charge >= 0.3 is 5.97 Å². The number of rotatable bonds is 6. The molecule has 0 unspecified atom stereocenters. The molecule has 0 aliphatic rings. The summed E-state index contributed by atoms with van der Waals surface area (Å²) in [6.07, 6.45) is 1.34. The summed E-state index contributed by atoms with van der Waals surface area (Å²) in [6, 6.07) is 1.28. The van der Waals surface area contributed by atoms with Gasteiger partial charge in [0.2, 0.25) is 0 Å². The summed E-state index contributed by atoms with van der Waals surface area (Å²) in [7, 11) is 2.80. The molecule has 0 aromatic carbocycles. The van der Waals surface area contributed by atoms with Crippen LogP contribution < -0.4 is 11.3 Å². The molecular weight excluding hydrogens is 240 g/mol. The Kier molecular flexibility index (Phi) is 5.34. The molecule has 1 rings (SSSR count). The van der Waals surface area contributed by atoms with Crippen LogP contribution in [0, 0.1) is 0 Å². The zero-order valence-electron chi connectivity index (χ0n) is 10.3. The van der Waals surface area contributed by atoms with E-state index in [1.54, 1.807) is 7.11 Å². The second kappa shape index (κ2) is 6.77. The van der Waals surface area contributed by atoms with Gasteiger partial charge in [-0.2, -0.15) is 0 Å². The third-order valence-corrected chi connectivity index (χ3v) is 2.20. The number of esters is 1. The van der Waals surface area contributed by atoms with Crippen LogP contribution in [0.1, 0.15) is 10.4 Å². The highest BCUT2D eigenvalue weighted by Gasteiger charge is 2.10. The van der Waals surface area contributed by atoms with Gasteiger partial charge in [0.05, 0.1) is 31.6 Å². The summed E-state index contributed by atoms with van der Waals surface area (Å²) in [6.45, 7) is 0.753. The van der Waals surface area contributed by atoms with Gasteiger partial charge in [0.15, 0.2) is 0 Å². The van der Waals surface area contributed by atoms with Crippen molar-refractivity contribution in [2.24, 2.45) is 0 Å². The molecule has 1 heterocycles. The van der Waals surface area contributed by atoms with Crippen molar-refractivity contribution in [1.29, 1.82) is 0 Å². The van der Waals surface area contributed by atoms with Crippen LogP contribution in [0.5, 0.6) is 0 Å². The van der Waals surface area contributed by atoms with Gasteiger partial charge in [0, 0.05) is 13.3 Å². The van der Waals surface area contributed by atoms with Gasteiger partial charge in [-0.05, 0) is 6.07 Å². The first-order valence-corrected chi connectivity index (χ1v) is 5.25. The average molecular weight is 256 g/mol. The normalized spacial score (nSPS) is 10.3. The summed E-state index contributed by atoms with van der Waals surface area (Å²) in [4.78, 5) is 23.0. The highest BCUT2D eigenvalue weighted by molar-refractivity contribution is 5.89. The fraction of sp³-hybridized carbons (Fsp3) is 0.455. The van der Waals surface area contributed by atoms with E-state index in [1.807, 2.05) is 0 Å². The number of nitrogens with zero attached hydrogens (tertiary/aromatic N) is 1. The number of hydrogen-bond acceptors (Lipinski definition) is 6. The Labute approximate surface area is 104 Å². The van der Waals surface area contributed by atoms with E-state index in [0.29, 0.717) is 13.2 Å². The van der Waals surface area contributed by atoms with Crippen molar-refractivity contribution in [2.75, 3.05) is 33.2 Å². The van der Waals surface area contributed by atoms with Crippen molar-refractivity contribution in [1.82, 2.24) is 4.57 Å². The number of carbonyl (C=O) groups excluding carboxylic acids is 1. The minimum absolute atomic E-state index is 0.00275. The molecule has 0 radical (unpaired) electrons. The molecule has 0 saturated heterocycles. The summed E-state index contributed by atoms with van der Waals surface area (Å²) in [5.74, 6) is -0.563. The Balaban J connectivity index is 2.86. The Morgan fingerprint density at radius 3 is 2.72 bits per heavy atom. The molecule has 7 heteroatoms. The molecule has 0 saturated carbocycles. The second-order valence-corrected chi connectivity index (χ2v) is 3.48. The minimum atomic E-state index is -0.563. The van der Waals surface area contributed by atoms with Crippen molar-refractivity contribution in [3.63, 3.8) is 0 Å². The van der Waals surface area contributed by atoms with E-state index in [2.05, 4.69) is 4.74 Å². The molecular formula is C11H16N2O5. The van der Waals surface area contributed by atoms with E-state index < -0.39 is 11.5 Å². The molecule has 0 aliphatic carbocycles. The SMILES string of the molecule is COCCOCn1cc(C(=O)OC)cc(N)c1=O. The Morgan fingerprint density at radius 2 is 2.11 bits per heavy atom. The molecule has 0 aliphatic heterocycles. The lowest BCUT2D eigenvalue weighted by Gasteiger charge is -2.09. The van der Waals surface area contributed by atoms with Gasteiger partial charge in [-0.1, -0.05) is 0 Å². The van der Waals surface area contributed by atoms with Gasteiger partial charge in [-0.15, -0.1) is 0 Å². The summed E-state index contributed by atoms with van der Waals surface area (Å²) in [5.41, 5.74) is 5.27. The third kappa shape index (κ3) is 3.57. The van der Waals surface area contributed by atoms with Crippen LogP contribution in [-0.2, 0) is 20.9 Å². The second-order valence-electron chi connectivity index (χ2n) is 3.48. The molecule has 2 N–H and O–H groups in total. The van der Waals surface area contributed by atoms with Gasteiger partial charge in [-0.25, -0.2) is 4.79 Å². The number of ether oxygens (including phenoxy) is 3. The molecule has 18 heavy (non-hydrogen) atoms. The number of nitrogens with two attached hydrogens (primary N) is 1. The molecule has 0 atom stereocenters. The molecule has 1 aromatic rings. The van der Waals surface area contributed by atoms with Crippen LogP contribution in [0.4, 0.5) is 5.69 Å². The maximum absolute atomic E-state index is 11.7. The lowest BCUT2D eigenvalue weighted by molar-refractivity contribution is 0.0324. The monoisotopic (exact) mass is 256 g/mol. The number of anilines is 1. The average Bonchev–Trinajstić information content (AvgIpc) is 2.38. The lowest BCUT2D eigenvalue weighted by Crippen LogP contribution is -2.25. The molecule has 0 fully saturated rings. The van der Waals surface area contributed by atoms with E-state index in [-0.39, 0.29) is 18.0 Å².